The smallest absolute Gasteiger partial charge is 0.320 e. The molecule has 0 spiro atoms. The van der Waals surface area contributed by atoms with Crippen molar-refractivity contribution in [1.29, 1.82) is 0 Å². The Morgan fingerprint density at radius 2 is 2.17 bits per heavy atom. The summed E-state index contributed by atoms with van der Waals surface area (Å²) in [6.45, 7) is 1.39. The molecule has 1 saturated heterocycles. The predicted octanol–water partition coefficient (Wildman–Crippen LogP) is 1.25. The molecule has 0 saturated carbocycles. The Morgan fingerprint density at radius 1 is 1.39 bits per heavy atom. The number of likely N-dealkylation sites (N-methyl/N-ethyl adjacent to an activating group) is 1. The van der Waals surface area contributed by atoms with Crippen LogP contribution in [0.5, 0.6) is 5.75 Å². The molecule has 0 aromatic heterocycles. The van der Waals surface area contributed by atoms with E-state index in [2.05, 4.69) is 0 Å². The minimum absolute atomic E-state index is 0.0717. The molecule has 96 valence electrons. The number of hydrogen-bond donors (Lipinski definition) is 0. The minimum Gasteiger partial charge on any atom is -0.497 e. The van der Waals surface area contributed by atoms with Gasteiger partial charge in [-0.2, -0.15) is 0 Å². The Bertz CT molecular complexity index is 473. The van der Waals surface area contributed by atoms with E-state index in [1.54, 1.807) is 48.2 Å². The van der Waals surface area contributed by atoms with Crippen molar-refractivity contribution in [2.24, 2.45) is 0 Å². The van der Waals surface area contributed by atoms with Crippen LogP contribution in [0.4, 0.5) is 4.79 Å². The van der Waals surface area contributed by atoms with Gasteiger partial charge in [-0.05, 0) is 12.1 Å². The monoisotopic (exact) mass is 248 g/mol. The van der Waals surface area contributed by atoms with Gasteiger partial charge in [-0.1, -0.05) is 12.1 Å². The molecule has 1 aliphatic rings. The van der Waals surface area contributed by atoms with Gasteiger partial charge < -0.3 is 14.5 Å². The zero-order valence-electron chi connectivity index (χ0n) is 10.5. The van der Waals surface area contributed by atoms with Crippen LogP contribution in [-0.4, -0.2) is 55.4 Å². The van der Waals surface area contributed by atoms with Crippen LogP contribution in [0.15, 0.2) is 24.3 Å². The number of Topliss-reactive ketones (excluding diaryl/α,β-unsaturated/α-hetero) is 1. The molecule has 1 fully saturated rings. The van der Waals surface area contributed by atoms with Gasteiger partial charge in [0, 0.05) is 25.7 Å². The van der Waals surface area contributed by atoms with E-state index >= 15 is 0 Å². The molecular weight excluding hydrogens is 232 g/mol. The van der Waals surface area contributed by atoms with Crippen LogP contribution in [-0.2, 0) is 0 Å². The van der Waals surface area contributed by atoms with Gasteiger partial charge in [0.15, 0.2) is 5.78 Å². The van der Waals surface area contributed by atoms with E-state index in [9.17, 15) is 9.59 Å². The summed E-state index contributed by atoms with van der Waals surface area (Å²) >= 11 is 0. The molecule has 18 heavy (non-hydrogen) atoms. The largest absolute Gasteiger partial charge is 0.497 e. The Labute approximate surface area is 106 Å². The molecule has 5 heteroatoms. The number of carbonyl (C=O) groups excluding carboxylic acids is 2. The van der Waals surface area contributed by atoms with Crippen LogP contribution in [0, 0.1) is 0 Å². The Balaban J connectivity index is 2.05. The Hall–Kier alpha value is -2.04. The summed E-state index contributed by atoms with van der Waals surface area (Å²) in [7, 11) is 3.29. The molecule has 5 nitrogen and oxygen atoms in total. The summed E-state index contributed by atoms with van der Waals surface area (Å²) in [6, 6.07) is 6.88. The second kappa shape index (κ2) is 5.08. The number of ether oxygens (including phenoxy) is 1. The number of urea groups is 1. The van der Waals surface area contributed by atoms with E-state index in [1.807, 2.05) is 0 Å². The molecular formula is C13H16N2O3. The molecule has 0 unspecified atom stereocenters. The first-order valence-electron chi connectivity index (χ1n) is 5.79. The molecule has 1 aromatic carbocycles. The molecule has 1 aromatic rings. The average molecular weight is 248 g/mol. The third-order valence-corrected chi connectivity index (χ3v) is 3.03. The molecule has 0 atom stereocenters. The fraction of sp³-hybridized carbons (Fsp3) is 0.385. The van der Waals surface area contributed by atoms with Crippen molar-refractivity contribution in [3.8, 4) is 5.75 Å². The normalized spacial score (nSPS) is 15.1. The van der Waals surface area contributed by atoms with Crippen LogP contribution in [0.2, 0.25) is 0 Å². The third kappa shape index (κ3) is 2.45. The maximum atomic E-state index is 12.1. The van der Waals surface area contributed by atoms with Crippen LogP contribution in [0.1, 0.15) is 10.4 Å². The lowest BCUT2D eigenvalue weighted by Crippen LogP contribution is -2.33. The quantitative estimate of drug-likeness (QED) is 0.753. The number of ketones is 1. The maximum absolute atomic E-state index is 12.1. The molecule has 0 N–H and O–H groups in total. The molecule has 2 amide bonds. The number of nitrogens with zero attached hydrogens (tertiary/aromatic N) is 2. The fourth-order valence-electron chi connectivity index (χ4n) is 1.91. The van der Waals surface area contributed by atoms with Crippen molar-refractivity contribution in [2.75, 3.05) is 33.8 Å². The van der Waals surface area contributed by atoms with Crippen LogP contribution >= 0.6 is 0 Å². The van der Waals surface area contributed by atoms with E-state index in [0.717, 1.165) is 0 Å². The summed E-state index contributed by atoms with van der Waals surface area (Å²) in [4.78, 5) is 26.9. The van der Waals surface area contributed by atoms with Crippen LogP contribution in [0.3, 0.4) is 0 Å². The summed E-state index contributed by atoms with van der Waals surface area (Å²) in [5, 5.41) is 0. The number of carbonyl (C=O) groups is 2. The van der Waals surface area contributed by atoms with Gasteiger partial charge in [-0.15, -0.1) is 0 Å². The van der Waals surface area contributed by atoms with Crippen molar-refractivity contribution < 1.29 is 14.3 Å². The minimum atomic E-state index is -0.0914. The maximum Gasteiger partial charge on any atom is 0.320 e. The number of amides is 2. The Morgan fingerprint density at radius 3 is 2.78 bits per heavy atom. The highest BCUT2D eigenvalue weighted by Crippen LogP contribution is 2.14. The first-order valence-corrected chi connectivity index (χ1v) is 5.79. The zero-order valence-corrected chi connectivity index (χ0v) is 10.5. The summed E-state index contributed by atoms with van der Waals surface area (Å²) in [5.41, 5.74) is 0.566. The van der Waals surface area contributed by atoms with Crippen LogP contribution in [0.25, 0.3) is 0 Å². The van der Waals surface area contributed by atoms with Gasteiger partial charge in [0.2, 0.25) is 0 Å². The van der Waals surface area contributed by atoms with Crippen molar-refractivity contribution in [1.82, 2.24) is 9.80 Å². The predicted molar refractivity (Wildman–Crippen MR) is 66.9 cm³/mol. The topological polar surface area (TPSA) is 49.9 Å². The van der Waals surface area contributed by atoms with Gasteiger partial charge in [0.05, 0.1) is 13.7 Å². The van der Waals surface area contributed by atoms with Gasteiger partial charge in [0.25, 0.3) is 0 Å². The molecule has 0 radical (unpaired) electrons. The number of methoxy groups -OCH3 is 1. The van der Waals surface area contributed by atoms with Crippen LogP contribution < -0.4 is 4.74 Å². The number of hydrogen-bond acceptors (Lipinski definition) is 3. The second-order valence-electron chi connectivity index (χ2n) is 4.28. The lowest BCUT2D eigenvalue weighted by molar-refractivity contribution is 0.0951. The lowest BCUT2D eigenvalue weighted by Gasteiger charge is -2.15. The van der Waals surface area contributed by atoms with Crippen molar-refractivity contribution >= 4 is 11.8 Å². The summed E-state index contributed by atoms with van der Waals surface area (Å²) in [6.07, 6.45) is 0. The SMILES string of the molecule is COc1cccc(C(=O)CN2CCN(C)C2=O)c1. The Kier molecular flexibility index (Phi) is 3.50. The van der Waals surface area contributed by atoms with Crippen molar-refractivity contribution in [2.45, 2.75) is 0 Å². The highest BCUT2D eigenvalue weighted by molar-refractivity contribution is 5.99. The summed E-state index contributed by atoms with van der Waals surface area (Å²) < 4.78 is 5.07. The van der Waals surface area contributed by atoms with E-state index in [0.29, 0.717) is 24.4 Å². The standard InChI is InChI=1S/C13H16N2O3/c1-14-6-7-15(13(14)17)9-12(16)10-4-3-5-11(8-10)18-2/h3-5,8H,6-7,9H2,1-2H3. The van der Waals surface area contributed by atoms with Crippen molar-refractivity contribution in [3.05, 3.63) is 29.8 Å². The average Bonchev–Trinajstić information content (AvgIpc) is 2.71. The highest BCUT2D eigenvalue weighted by Gasteiger charge is 2.27. The first kappa shape index (κ1) is 12.4. The van der Waals surface area contributed by atoms with Gasteiger partial charge in [-0.25, -0.2) is 4.79 Å². The van der Waals surface area contributed by atoms with E-state index in [4.69, 9.17) is 4.74 Å². The fourth-order valence-corrected chi connectivity index (χ4v) is 1.91. The molecule has 1 aliphatic heterocycles. The molecule has 1 heterocycles. The van der Waals surface area contributed by atoms with Gasteiger partial charge >= 0.3 is 6.03 Å². The molecule has 0 bridgehead atoms. The zero-order chi connectivity index (χ0) is 13.1. The van der Waals surface area contributed by atoms with E-state index < -0.39 is 0 Å². The lowest BCUT2D eigenvalue weighted by atomic mass is 10.1. The number of benzene rings is 1. The van der Waals surface area contributed by atoms with E-state index in [-0.39, 0.29) is 18.4 Å². The van der Waals surface area contributed by atoms with Gasteiger partial charge in [0.1, 0.15) is 5.75 Å². The third-order valence-electron chi connectivity index (χ3n) is 3.03. The number of rotatable bonds is 4. The first-order chi connectivity index (χ1) is 8.61. The molecule has 0 aliphatic carbocycles. The second-order valence-corrected chi connectivity index (χ2v) is 4.28. The van der Waals surface area contributed by atoms with Gasteiger partial charge in [-0.3, -0.25) is 4.79 Å². The highest BCUT2D eigenvalue weighted by atomic mass is 16.5. The molecule has 2 rings (SSSR count). The van der Waals surface area contributed by atoms with Crippen molar-refractivity contribution in [3.63, 3.8) is 0 Å². The summed E-state index contributed by atoms with van der Waals surface area (Å²) in [5.74, 6) is 0.572. The van der Waals surface area contributed by atoms with E-state index in [1.165, 1.54) is 0 Å².